The van der Waals surface area contributed by atoms with Gasteiger partial charge in [0.2, 0.25) is 0 Å². The first-order valence-electron chi connectivity index (χ1n) is 6.27. The van der Waals surface area contributed by atoms with Crippen LogP contribution in [0.2, 0.25) is 0 Å². The third-order valence-electron chi connectivity index (χ3n) is 3.46. The maximum atomic E-state index is 12.3. The van der Waals surface area contributed by atoms with E-state index in [2.05, 4.69) is 6.92 Å². The van der Waals surface area contributed by atoms with Crippen LogP contribution in [-0.4, -0.2) is 28.9 Å². The van der Waals surface area contributed by atoms with Gasteiger partial charge >= 0.3 is 0 Å². The molecule has 0 aromatic heterocycles. The van der Waals surface area contributed by atoms with E-state index in [0.29, 0.717) is 10.6 Å². The molecule has 1 fully saturated rings. The van der Waals surface area contributed by atoms with Crippen LogP contribution in [0.4, 0.5) is 0 Å². The topological polar surface area (TPSA) is 46.3 Å². The predicted molar refractivity (Wildman–Crippen MR) is 76.6 cm³/mol. The molecule has 2 N–H and O–H groups in total. The summed E-state index contributed by atoms with van der Waals surface area (Å²) in [6, 6.07) is 7.26. The highest BCUT2D eigenvalue weighted by Gasteiger charge is 2.21. The Morgan fingerprint density at radius 2 is 1.94 bits per heavy atom. The number of rotatable bonds is 2. The number of amides is 1. The molecule has 96 valence electrons. The van der Waals surface area contributed by atoms with Gasteiger partial charge in [-0.3, -0.25) is 4.79 Å². The lowest BCUT2D eigenvalue weighted by atomic mass is 9.98. The van der Waals surface area contributed by atoms with Gasteiger partial charge in [0.05, 0.1) is 0 Å². The number of carbonyl (C=O) groups excluding carboxylic acids is 1. The van der Waals surface area contributed by atoms with Gasteiger partial charge in [-0.15, -0.1) is 0 Å². The average Bonchev–Trinajstić information content (AvgIpc) is 2.39. The van der Waals surface area contributed by atoms with E-state index in [0.717, 1.165) is 37.4 Å². The van der Waals surface area contributed by atoms with E-state index in [9.17, 15) is 4.79 Å². The Morgan fingerprint density at radius 1 is 1.33 bits per heavy atom. The molecule has 1 aromatic rings. The smallest absolute Gasteiger partial charge is 0.253 e. The van der Waals surface area contributed by atoms with Crippen molar-refractivity contribution in [3.63, 3.8) is 0 Å². The monoisotopic (exact) mass is 262 g/mol. The minimum absolute atomic E-state index is 0.0833. The molecule has 2 rings (SSSR count). The van der Waals surface area contributed by atoms with Crippen molar-refractivity contribution >= 4 is 23.1 Å². The third kappa shape index (κ3) is 2.88. The lowest BCUT2D eigenvalue weighted by molar-refractivity contribution is 0.0697. The second kappa shape index (κ2) is 5.48. The number of nitrogens with two attached hydrogens (primary N) is 1. The van der Waals surface area contributed by atoms with Crippen LogP contribution < -0.4 is 5.73 Å². The van der Waals surface area contributed by atoms with E-state index in [1.54, 1.807) is 6.07 Å². The highest BCUT2D eigenvalue weighted by Crippen LogP contribution is 2.18. The predicted octanol–water partition coefficient (Wildman–Crippen LogP) is 2.19. The molecule has 1 heterocycles. The lowest BCUT2D eigenvalue weighted by Crippen LogP contribution is -2.38. The molecule has 0 unspecified atom stereocenters. The summed E-state index contributed by atoms with van der Waals surface area (Å²) in [7, 11) is 0. The number of nitrogens with zero attached hydrogens (tertiary/aromatic N) is 1. The molecular weight excluding hydrogens is 244 g/mol. The summed E-state index contributed by atoms with van der Waals surface area (Å²) in [5.41, 5.74) is 7.01. The molecule has 1 amide bonds. The van der Waals surface area contributed by atoms with Crippen LogP contribution >= 0.6 is 12.2 Å². The normalized spacial score (nSPS) is 16.6. The number of thiocarbonyl (C=S) groups is 1. The van der Waals surface area contributed by atoms with Crippen LogP contribution in [-0.2, 0) is 0 Å². The third-order valence-corrected chi connectivity index (χ3v) is 3.70. The fourth-order valence-corrected chi connectivity index (χ4v) is 2.33. The van der Waals surface area contributed by atoms with Crippen LogP contribution in [0, 0.1) is 5.92 Å². The molecule has 1 saturated heterocycles. The molecule has 0 radical (unpaired) electrons. The van der Waals surface area contributed by atoms with Crippen molar-refractivity contribution < 1.29 is 4.79 Å². The average molecular weight is 262 g/mol. The molecule has 0 bridgehead atoms. The van der Waals surface area contributed by atoms with Gasteiger partial charge in [-0.1, -0.05) is 31.3 Å². The Bertz CT molecular complexity index is 465. The molecule has 0 saturated carbocycles. The molecule has 1 aromatic carbocycles. The second-order valence-corrected chi connectivity index (χ2v) is 5.36. The summed E-state index contributed by atoms with van der Waals surface area (Å²) in [5, 5.41) is 0. The number of piperidine rings is 1. The van der Waals surface area contributed by atoms with Gasteiger partial charge in [0.25, 0.3) is 5.91 Å². The van der Waals surface area contributed by atoms with Crippen LogP contribution in [0.15, 0.2) is 24.3 Å². The van der Waals surface area contributed by atoms with Crippen LogP contribution in [0.3, 0.4) is 0 Å². The van der Waals surface area contributed by atoms with E-state index in [4.69, 9.17) is 18.0 Å². The first-order chi connectivity index (χ1) is 8.58. The van der Waals surface area contributed by atoms with Crippen LogP contribution in [0.1, 0.15) is 35.7 Å². The summed E-state index contributed by atoms with van der Waals surface area (Å²) in [6.45, 7) is 3.92. The standard InChI is InChI=1S/C14H18N2OS/c1-10-5-7-16(8-6-10)14(17)12-4-2-3-11(9-12)13(15)18/h2-4,9-10H,5-8H2,1H3,(H2,15,18). The first-order valence-corrected chi connectivity index (χ1v) is 6.68. The molecular formula is C14H18N2OS. The van der Waals surface area contributed by atoms with Crippen molar-refractivity contribution in [1.82, 2.24) is 4.90 Å². The first kappa shape index (κ1) is 13.0. The van der Waals surface area contributed by atoms with Crippen molar-refractivity contribution in [3.05, 3.63) is 35.4 Å². The largest absolute Gasteiger partial charge is 0.389 e. The molecule has 1 aliphatic heterocycles. The molecule has 4 heteroatoms. The zero-order chi connectivity index (χ0) is 13.1. The van der Waals surface area contributed by atoms with Gasteiger partial charge in [-0.25, -0.2) is 0 Å². The van der Waals surface area contributed by atoms with Crippen molar-refractivity contribution in [2.45, 2.75) is 19.8 Å². The number of hydrogen-bond acceptors (Lipinski definition) is 2. The summed E-state index contributed by atoms with van der Waals surface area (Å²) in [4.78, 5) is 14.6. The van der Waals surface area contributed by atoms with E-state index in [-0.39, 0.29) is 5.91 Å². The number of hydrogen-bond donors (Lipinski definition) is 1. The summed E-state index contributed by atoms with van der Waals surface area (Å²) >= 11 is 4.93. The molecule has 0 spiro atoms. The van der Waals surface area contributed by atoms with Crippen molar-refractivity contribution in [2.24, 2.45) is 11.7 Å². The van der Waals surface area contributed by atoms with Gasteiger partial charge in [0.1, 0.15) is 4.99 Å². The summed E-state index contributed by atoms with van der Waals surface area (Å²) in [5.74, 6) is 0.803. The highest BCUT2D eigenvalue weighted by molar-refractivity contribution is 7.80. The van der Waals surface area contributed by atoms with E-state index >= 15 is 0 Å². The maximum absolute atomic E-state index is 12.3. The van der Waals surface area contributed by atoms with Crippen LogP contribution in [0.5, 0.6) is 0 Å². The fraction of sp³-hybridized carbons (Fsp3) is 0.429. The molecule has 1 aliphatic rings. The van der Waals surface area contributed by atoms with Crippen molar-refractivity contribution in [2.75, 3.05) is 13.1 Å². The molecule has 0 aliphatic carbocycles. The summed E-state index contributed by atoms with van der Waals surface area (Å²) in [6.07, 6.45) is 2.17. The minimum Gasteiger partial charge on any atom is -0.389 e. The second-order valence-electron chi connectivity index (χ2n) is 4.92. The Labute approximate surface area is 113 Å². The Kier molecular flexibility index (Phi) is 3.97. The quantitative estimate of drug-likeness (QED) is 0.831. The number of likely N-dealkylation sites (tertiary alicyclic amines) is 1. The van der Waals surface area contributed by atoms with Gasteiger partial charge in [-0.05, 0) is 30.9 Å². The van der Waals surface area contributed by atoms with E-state index in [1.165, 1.54) is 0 Å². The Morgan fingerprint density at radius 3 is 2.56 bits per heavy atom. The number of carbonyl (C=O) groups is 1. The molecule has 0 atom stereocenters. The van der Waals surface area contributed by atoms with E-state index < -0.39 is 0 Å². The van der Waals surface area contributed by atoms with Crippen LogP contribution in [0.25, 0.3) is 0 Å². The van der Waals surface area contributed by atoms with Gasteiger partial charge in [0, 0.05) is 24.2 Å². The van der Waals surface area contributed by atoms with Gasteiger partial charge in [0.15, 0.2) is 0 Å². The minimum atomic E-state index is 0.0833. The maximum Gasteiger partial charge on any atom is 0.253 e. The van der Waals surface area contributed by atoms with Crippen molar-refractivity contribution in [3.8, 4) is 0 Å². The zero-order valence-electron chi connectivity index (χ0n) is 10.6. The lowest BCUT2D eigenvalue weighted by Gasteiger charge is -2.30. The highest BCUT2D eigenvalue weighted by atomic mass is 32.1. The Hall–Kier alpha value is -1.42. The number of benzene rings is 1. The Balaban J connectivity index is 2.13. The van der Waals surface area contributed by atoms with Crippen molar-refractivity contribution in [1.29, 1.82) is 0 Å². The summed E-state index contributed by atoms with van der Waals surface area (Å²) < 4.78 is 0. The van der Waals surface area contributed by atoms with Gasteiger partial charge < -0.3 is 10.6 Å². The van der Waals surface area contributed by atoms with E-state index in [1.807, 2.05) is 23.1 Å². The fourth-order valence-electron chi connectivity index (χ4n) is 2.20. The zero-order valence-corrected chi connectivity index (χ0v) is 11.4. The SMILES string of the molecule is CC1CCN(C(=O)c2cccc(C(N)=S)c2)CC1. The molecule has 18 heavy (non-hydrogen) atoms. The molecule has 3 nitrogen and oxygen atoms in total. The van der Waals surface area contributed by atoms with Gasteiger partial charge in [-0.2, -0.15) is 0 Å².